The first-order valence-corrected chi connectivity index (χ1v) is 11.1. The molecule has 5 nitrogen and oxygen atoms in total. The maximum absolute atomic E-state index is 13.1. The van der Waals surface area contributed by atoms with E-state index in [2.05, 4.69) is 61.8 Å². The third kappa shape index (κ3) is 4.34. The first-order chi connectivity index (χ1) is 13.8. The number of hydrogen-bond donors (Lipinski definition) is 0. The molecule has 1 saturated carbocycles. The summed E-state index contributed by atoms with van der Waals surface area (Å²) in [4.78, 5) is 32.6. The van der Waals surface area contributed by atoms with Crippen molar-refractivity contribution >= 4 is 42.3 Å². The number of benzene rings is 1. The Morgan fingerprint density at radius 3 is 2.26 bits per heavy atom. The number of anilines is 1. The molecule has 1 aliphatic carbocycles. The maximum atomic E-state index is 13.1. The lowest BCUT2D eigenvalue weighted by atomic mass is 9.62. The van der Waals surface area contributed by atoms with Gasteiger partial charge in [0, 0.05) is 44.3 Å². The van der Waals surface area contributed by atoms with Gasteiger partial charge in [-0.05, 0) is 49.8 Å². The lowest BCUT2D eigenvalue weighted by molar-refractivity contribution is -0.167. The summed E-state index contributed by atoms with van der Waals surface area (Å²) in [6, 6.07) is 8.57. The van der Waals surface area contributed by atoms with Crippen LogP contribution in [0.1, 0.15) is 45.6 Å². The van der Waals surface area contributed by atoms with Crippen LogP contribution in [-0.2, 0) is 9.59 Å². The SMILES string of the molecule is Cc1ccccc1N1CCN(CCCN2C(=O)C3CCC(C)(C2=O)C3(C)C)CC1.Cl.Cl. The first-order valence-electron chi connectivity index (χ1n) is 11.1. The Morgan fingerprint density at radius 1 is 0.968 bits per heavy atom. The van der Waals surface area contributed by atoms with Crippen LogP contribution in [0.4, 0.5) is 5.69 Å². The van der Waals surface area contributed by atoms with Gasteiger partial charge in [0.1, 0.15) is 0 Å². The smallest absolute Gasteiger partial charge is 0.235 e. The minimum Gasteiger partial charge on any atom is -0.369 e. The van der Waals surface area contributed by atoms with E-state index >= 15 is 0 Å². The molecule has 3 fully saturated rings. The van der Waals surface area contributed by atoms with Crippen LogP contribution in [0.25, 0.3) is 0 Å². The molecular formula is C24H37Cl2N3O2. The first kappa shape index (κ1) is 26.0. The monoisotopic (exact) mass is 469 g/mol. The number of amides is 2. The fourth-order valence-electron chi connectivity index (χ4n) is 5.70. The molecule has 2 bridgehead atoms. The number of piperazine rings is 1. The number of halogens is 2. The summed E-state index contributed by atoms with van der Waals surface area (Å²) in [6.45, 7) is 14.1. The highest BCUT2D eigenvalue weighted by atomic mass is 35.5. The van der Waals surface area contributed by atoms with Crippen LogP contribution in [0.5, 0.6) is 0 Å². The van der Waals surface area contributed by atoms with Gasteiger partial charge in [0.25, 0.3) is 0 Å². The minimum absolute atomic E-state index is 0. The van der Waals surface area contributed by atoms with Crippen LogP contribution in [0.15, 0.2) is 24.3 Å². The molecule has 2 aliphatic heterocycles. The Morgan fingerprint density at radius 2 is 1.61 bits per heavy atom. The Kier molecular flexibility index (Phi) is 8.10. The van der Waals surface area contributed by atoms with Crippen molar-refractivity contribution in [3.63, 3.8) is 0 Å². The average molecular weight is 470 g/mol. The van der Waals surface area contributed by atoms with Crippen molar-refractivity contribution in [2.75, 3.05) is 44.2 Å². The molecule has 1 aromatic rings. The molecule has 2 atom stereocenters. The average Bonchev–Trinajstić information content (AvgIpc) is 2.89. The van der Waals surface area contributed by atoms with Gasteiger partial charge in [-0.1, -0.05) is 39.0 Å². The van der Waals surface area contributed by atoms with Crippen LogP contribution in [0.3, 0.4) is 0 Å². The number of para-hydroxylation sites is 1. The van der Waals surface area contributed by atoms with Gasteiger partial charge >= 0.3 is 0 Å². The standard InChI is InChI=1S/C24H35N3O2.2ClH/c1-18-8-5-6-9-20(18)26-16-14-25(15-17-26)12-7-13-27-21(28)19-10-11-24(4,22(27)29)23(19,2)3;;/h5-6,8-9,19H,7,10-17H2,1-4H3;2*1H. The predicted molar refractivity (Wildman–Crippen MR) is 130 cm³/mol. The molecule has 31 heavy (non-hydrogen) atoms. The second kappa shape index (κ2) is 9.68. The number of nitrogens with zero attached hydrogens (tertiary/aromatic N) is 3. The third-order valence-electron chi connectivity index (χ3n) is 8.19. The summed E-state index contributed by atoms with van der Waals surface area (Å²) >= 11 is 0. The molecule has 7 heteroatoms. The van der Waals surface area contributed by atoms with E-state index in [-0.39, 0.29) is 53.4 Å². The topological polar surface area (TPSA) is 43.9 Å². The normalized spacial score (nSPS) is 27.7. The Labute approximate surface area is 199 Å². The van der Waals surface area contributed by atoms with Crippen molar-refractivity contribution in [2.45, 2.75) is 47.0 Å². The number of imide groups is 1. The van der Waals surface area contributed by atoms with E-state index in [9.17, 15) is 9.59 Å². The third-order valence-corrected chi connectivity index (χ3v) is 8.19. The van der Waals surface area contributed by atoms with Gasteiger partial charge in [0.2, 0.25) is 11.8 Å². The molecule has 2 saturated heterocycles. The summed E-state index contributed by atoms with van der Waals surface area (Å²) in [5.74, 6) is 0.132. The van der Waals surface area contributed by atoms with Gasteiger partial charge in [-0.3, -0.25) is 19.4 Å². The Bertz CT molecular complexity index is 808. The molecule has 2 heterocycles. The number of hydrogen-bond acceptors (Lipinski definition) is 4. The van der Waals surface area contributed by atoms with Gasteiger partial charge < -0.3 is 4.90 Å². The van der Waals surface area contributed by atoms with Crippen molar-refractivity contribution in [3.8, 4) is 0 Å². The molecule has 0 aromatic heterocycles. The molecule has 4 rings (SSSR count). The van der Waals surface area contributed by atoms with Gasteiger partial charge in [0.15, 0.2) is 0 Å². The summed E-state index contributed by atoms with van der Waals surface area (Å²) < 4.78 is 0. The van der Waals surface area contributed by atoms with Gasteiger partial charge in [-0.15, -0.1) is 24.8 Å². The number of fused-ring (bicyclic) bond motifs is 2. The maximum Gasteiger partial charge on any atom is 0.235 e. The van der Waals surface area contributed by atoms with Gasteiger partial charge in [0.05, 0.1) is 5.41 Å². The molecule has 174 valence electrons. The van der Waals surface area contributed by atoms with Crippen LogP contribution in [0.2, 0.25) is 0 Å². The zero-order valence-corrected chi connectivity index (χ0v) is 20.9. The molecular weight excluding hydrogens is 433 g/mol. The number of piperidine rings is 1. The fourth-order valence-corrected chi connectivity index (χ4v) is 5.70. The van der Waals surface area contributed by atoms with Crippen LogP contribution in [0, 0.1) is 23.7 Å². The molecule has 2 unspecified atom stereocenters. The van der Waals surface area contributed by atoms with E-state index in [0.29, 0.717) is 6.54 Å². The lowest BCUT2D eigenvalue weighted by Crippen LogP contribution is -2.59. The summed E-state index contributed by atoms with van der Waals surface area (Å²) in [5.41, 5.74) is 2.06. The van der Waals surface area contributed by atoms with E-state index in [1.807, 2.05) is 0 Å². The molecule has 0 radical (unpaired) electrons. The Balaban J connectivity index is 0.00000171. The number of carbonyl (C=O) groups is 2. The van der Waals surface area contributed by atoms with E-state index in [4.69, 9.17) is 0 Å². The molecule has 3 aliphatic rings. The van der Waals surface area contributed by atoms with E-state index in [0.717, 1.165) is 52.0 Å². The van der Waals surface area contributed by atoms with Crippen LogP contribution < -0.4 is 4.90 Å². The largest absolute Gasteiger partial charge is 0.369 e. The van der Waals surface area contributed by atoms with Gasteiger partial charge in [-0.25, -0.2) is 0 Å². The molecule has 0 N–H and O–H groups in total. The van der Waals surface area contributed by atoms with Crippen molar-refractivity contribution in [1.82, 2.24) is 9.80 Å². The molecule has 2 amide bonds. The van der Waals surface area contributed by atoms with Crippen LogP contribution >= 0.6 is 24.8 Å². The highest BCUT2D eigenvalue weighted by Gasteiger charge is 2.64. The van der Waals surface area contributed by atoms with Crippen molar-refractivity contribution in [2.24, 2.45) is 16.7 Å². The van der Waals surface area contributed by atoms with Crippen LogP contribution in [-0.4, -0.2) is 60.9 Å². The Hall–Kier alpha value is -1.30. The zero-order chi connectivity index (χ0) is 20.8. The van der Waals surface area contributed by atoms with Crippen molar-refractivity contribution < 1.29 is 9.59 Å². The second-order valence-electron chi connectivity index (χ2n) is 9.91. The fraction of sp³-hybridized carbons (Fsp3) is 0.667. The number of likely N-dealkylation sites (tertiary alicyclic amines) is 1. The quantitative estimate of drug-likeness (QED) is 0.607. The highest BCUT2D eigenvalue weighted by molar-refractivity contribution is 6.03. The predicted octanol–water partition coefficient (Wildman–Crippen LogP) is 4.16. The summed E-state index contributed by atoms with van der Waals surface area (Å²) in [6.07, 6.45) is 2.56. The number of carbonyl (C=O) groups excluding carboxylic acids is 2. The van der Waals surface area contributed by atoms with Gasteiger partial charge in [-0.2, -0.15) is 0 Å². The second-order valence-corrected chi connectivity index (χ2v) is 9.91. The highest BCUT2D eigenvalue weighted by Crippen LogP contribution is 2.60. The minimum atomic E-state index is -0.384. The van der Waals surface area contributed by atoms with Crippen molar-refractivity contribution in [1.29, 1.82) is 0 Å². The zero-order valence-electron chi connectivity index (χ0n) is 19.2. The number of rotatable bonds is 5. The number of aryl methyl sites for hydroxylation is 1. The molecule has 1 aromatic carbocycles. The summed E-state index contributed by atoms with van der Waals surface area (Å²) in [7, 11) is 0. The van der Waals surface area contributed by atoms with Crippen molar-refractivity contribution in [3.05, 3.63) is 29.8 Å². The van der Waals surface area contributed by atoms with E-state index in [1.54, 1.807) is 4.90 Å². The van der Waals surface area contributed by atoms with E-state index < -0.39 is 0 Å². The summed E-state index contributed by atoms with van der Waals surface area (Å²) in [5, 5.41) is 0. The molecule has 0 spiro atoms. The lowest BCUT2D eigenvalue weighted by Gasteiger charge is -2.47. The van der Waals surface area contributed by atoms with E-state index in [1.165, 1.54) is 11.3 Å².